The van der Waals surface area contributed by atoms with Gasteiger partial charge in [0.1, 0.15) is 0 Å². The maximum absolute atomic E-state index is 6.09. The normalized spacial score (nSPS) is 27.1. The van der Waals surface area contributed by atoms with Crippen molar-refractivity contribution in [3.05, 3.63) is 12.1 Å². The number of nitrogen functional groups attached to an aromatic ring is 1. The van der Waals surface area contributed by atoms with Crippen LogP contribution < -0.4 is 15.4 Å². The molecule has 4 heteroatoms. The van der Waals surface area contributed by atoms with E-state index < -0.39 is 0 Å². The van der Waals surface area contributed by atoms with E-state index >= 15 is 0 Å². The van der Waals surface area contributed by atoms with Crippen molar-refractivity contribution in [2.75, 3.05) is 24.3 Å². The van der Waals surface area contributed by atoms with E-state index in [1.165, 1.54) is 32.1 Å². The first-order valence-corrected chi connectivity index (χ1v) is 6.87. The third kappa shape index (κ3) is 1.89. The summed E-state index contributed by atoms with van der Waals surface area (Å²) in [6.07, 6.45) is 6.65. The van der Waals surface area contributed by atoms with Crippen LogP contribution in [-0.4, -0.2) is 24.7 Å². The van der Waals surface area contributed by atoms with E-state index in [2.05, 4.69) is 9.88 Å². The van der Waals surface area contributed by atoms with E-state index in [0.29, 0.717) is 11.9 Å². The summed E-state index contributed by atoms with van der Waals surface area (Å²) in [5.41, 5.74) is 6.85. The van der Waals surface area contributed by atoms with Crippen LogP contribution in [0.3, 0.4) is 0 Å². The van der Waals surface area contributed by atoms with Crippen molar-refractivity contribution in [1.29, 1.82) is 0 Å². The minimum atomic E-state index is 0.639. The number of nitrogens with two attached hydrogens (primary N) is 1. The van der Waals surface area contributed by atoms with Crippen molar-refractivity contribution in [2.24, 2.45) is 5.92 Å². The van der Waals surface area contributed by atoms with E-state index in [-0.39, 0.29) is 0 Å². The van der Waals surface area contributed by atoms with Crippen molar-refractivity contribution < 1.29 is 4.74 Å². The van der Waals surface area contributed by atoms with Gasteiger partial charge in [0.25, 0.3) is 0 Å². The molecule has 0 amide bonds. The Hall–Kier alpha value is -1.45. The molecule has 0 spiro atoms. The Kier molecular flexibility index (Phi) is 3.02. The second-order valence-electron chi connectivity index (χ2n) is 5.36. The number of ether oxygens (including phenoxy) is 1. The number of methoxy groups -OCH3 is 1. The molecule has 2 aliphatic rings. The quantitative estimate of drug-likeness (QED) is 0.872. The lowest BCUT2D eigenvalue weighted by Gasteiger charge is -2.33. The van der Waals surface area contributed by atoms with Gasteiger partial charge in [0, 0.05) is 18.7 Å². The number of aromatic nitrogens is 1. The number of rotatable bonds is 2. The van der Waals surface area contributed by atoms with Crippen LogP contribution in [0.25, 0.3) is 0 Å². The lowest BCUT2D eigenvalue weighted by atomic mass is 9.85. The first kappa shape index (κ1) is 11.6. The highest BCUT2D eigenvalue weighted by atomic mass is 16.5. The third-order valence-electron chi connectivity index (χ3n) is 4.37. The zero-order valence-electron chi connectivity index (χ0n) is 10.9. The fourth-order valence-electron chi connectivity index (χ4n) is 3.45. The number of hydrogen-bond donors (Lipinski definition) is 1. The highest BCUT2D eigenvalue weighted by Crippen LogP contribution is 2.40. The summed E-state index contributed by atoms with van der Waals surface area (Å²) in [6, 6.07) is 4.37. The average molecular weight is 247 g/mol. The van der Waals surface area contributed by atoms with Gasteiger partial charge in [-0.25, -0.2) is 0 Å². The first-order chi connectivity index (χ1) is 8.79. The minimum Gasteiger partial charge on any atom is -0.481 e. The van der Waals surface area contributed by atoms with Crippen LogP contribution in [-0.2, 0) is 0 Å². The summed E-state index contributed by atoms with van der Waals surface area (Å²) in [6.45, 7) is 1.08. The van der Waals surface area contributed by atoms with Crippen LogP contribution in [0.2, 0.25) is 0 Å². The first-order valence-electron chi connectivity index (χ1n) is 6.87. The standard InChI is InChI=1S/C14H21N3O/c1-18-13-7-6-11(15)14(16-13)17-9-8-10-4-2-3-5-12(10)17/h6-7,10,12H,2-5,8-9,15H2,1H3. The van der Waals surface area contributed by atoms with E-state index in [0.717, 1.165) is 24.0 Å². The third-order valence-corrected chi connectivity index (χ3v) is 4.37. The number of fused-ring (bicyclic) bond motifs is 1. The van der Waals surface area contributed by atoms with E-state index in [1.807, 2.05) is 12.1 Å². The number of nitrogens with zero attached hydrogens (tertiary/aromatic N) is 2. The number of anilines is 2. The van der Waals surface area contributed by atoms with E-state index in [4.69, 9.17) is 10.5 Å². The molecule has 1 aromatic rings. The van der Waals surface area contributed by atoms with Crippen LogP contribution in [0.1, 0.15) is 32.1 Å². The molecular formula is C14H21N3O. The largest absolute Gasteiger partial charge is 0.481 e. The topological polar surface area (TPSA) is 51.4 Å². The monoisotopic (exact) mass is 247 g/mol. The summed E-state index contributed by atoms with van der Waals surface area (Å²) in [7, 11) is 1.65. The maximum Gasteiger partial charge on any atom is 0.215 e. The number of pyridine rings is 1. The smallest absolute Gasteiger partial charge is 0.215 e. The molecule has 1 aliphatic carbocycles. The lowest BCUT2D eigenvalue weighted by molar-refractivity contribution is 0.341. The summed E-state index contributed by atoms with van der Waals surface area (Å²) in [4.78, 5) is 6.95. The van der Waals surface area contributed by atoms with Crippen molar-refractivity contribution in [3.8, 4) is 5.88 Å². The Labute approximate surface area is 108 Å². The van der Waals surface area contributed by atoms with Gasteiger partial charge in [-0.15, -0.1) is 0 Å². The maximum atomic E-state index is 6.09. The van der Waals surface area contributed by atoms with Gasteiger partial charge in [-0.1, -0.05) is 12.8 Å². The SMILES string of the molecule is COc1ccc(N)c(N2CCC3CCCCC32)n1. The van der Waals surface area contributed by atoms with Crippen LogP contribution in [0.15, 0.2) is 12.1 Å². The molecule has 3 rings (SSSR count). The molecule has 98 valence electrons. The molecule has 1 aromatic heterocycles. The minimum absolute atomic E-state index is 0.639. The fourth-order valence-corrected chi connectivity index (χ4v) is 3.45. The molecule has 18 heavy (non-hydrogen) atoms. The highest BCUT2D eigenvalue weighted by molar-refractivity contribution is 5.64. The summed E-state index contributed by atoms with van der Waals surface area (Å²) in [5, 5.41) is 0. The molecule has 2 atom stereocenters. The molecule has 0 aromatic carbocycles. The molecule has 1 saturated heterocycles. The van der Waals surface area contributed by atoms with Gasteiger partial charge in [0.05, 0.1) is 12.8 Å². The van der Waals surface area contributed by atoms with Crippen LogP contribution in [0.4, 0.5) is 11.5 Å². The lowest BCUT2D eigenvalue weighted by Crippen LogP contribution is -2.35. The summed E-state index contributed by atoms with van der Waals surface area (Å²) >= 11 is 0. The Morgan fingerprint density at radius 2 is 2.11 bits per heavy atom. The molecule has 1 aliphatic heterocycles. The van der Waals surface area contributed by atoms with Gasteiger partial charge >= 0.3 is 0 Å². The zero-order valence-corrected chi connectivity index (χ0v) is 10.9. The van der Waals surface area contributed by atoms with Gasteiger partial charge in [-0.05, 0) is 31.2 Å². The highest BCUT2D eigenvalue weighted by Gasteiger charge is 2.37. The van der Waals surface area contributed by atoms with Crippen molar-refractivity contribution in [2.45, 2.75) is 38.1 Å². The Balaban J connectivity index is 1.90. The predicted octanol–water partition coefficient (Wildman–Crippen LogP) is 2.44. The molecular weight excluding hydrogens is 226 g/mol. The van der Waals surface area contributed by atoms with Crippen LogP contribution in [0, 0.1) is 5.92 Å². The van der Waals surface area contributed by atoms with Gasteiger partial charge in [-0.3, -0.25) is 0 Å². The Bertz CT molecular complexity index is 435. The molecule has 2 fully saturated rings. The van der Waals surface area contributed by atoms with Crippen LogP contribution in [0.5, 0.6) is 5.88 Å². The average Bonchev–Trinajstić information content (AvgIpc) is 2.83. The molecule has 4 nitrogen and oxygen atoms in total. The van der Waals surface area contributed by atoms with Crippen molar-refractivity contribution >= 4 is 11.5 Å². The van der Waals surface area contributed by atoms with E-state index in [1.54, 1.807) is 7.11 Å². The van der Waals surface area contributed by atoms with Gasteiger partial charge in [0.2, 0.25) is 5.88 Å². The number of hydrogen-bond acceptors (Lipinski definition) is 4. The van der Waals surface area contributed by atoms with Crippen molar-refractivity contribution in [3.63, 3.8) is 0 Å². The second-order valence-corrected chi connectivity index (χ2v) is 5.36. The summed E-state index contributed by atoms with van der Waals surface area (Å²) in [5.74, 6) is 2.41. The van der Waals surface area contributed by atoms with Gasteiger partial charge < -0.3 is 15.4 Å². The zero-order chi connectivity index (χ0) is 12.5. The van der Waals surface area contributed by atoms with Gasteiger partial charge in [-0.2, -0.15) is 4.98 Å². The molecule has 2 unspecified atom stereocenters. The predicted molar refractivity (Wildman–Crippen MR) is 72.9 cm³/mol. The summed E-state index contributed by atoms with van der Waals surface area (Å²) < 4.78 is 5.21. The van der Waals surface area contributed by atoms with Gasteiger partial charge in [0.15, 0.2) is 5.82 Å². The van der Waals surface area contributed by atoms with Crippen molar-refractivity contribution in [1.82, 2.24) is 4.98 Å². The fraction of sp³-hybridized carbons (Fsp3) is 0.643. The Morgan fingerprint density at radius 3 is 2.94 bits per heavy atom. The molecule has 1 saturated carbocycles. The molecule has 2 heterocycles. The van der Waals surface area contributed by atoms with E-state index in [9.17, 15) is 0 Å². The molecule has 2 N–H and O–H groups in total. The van der Waals surface area contributed by atoms with Crippen LogP contribution >= 0.6 is 0 Å². The molecule has 0 radical (unpaired) electrons. The molecule has 0 bridgehead atoms. The Morgan fingerprint density at radius 1 is 1.28 bits per heavy atom. The second kappa shape index (κ2) is 4.67.